The van der Waals surface area contributed by atoms with Gasteiger partial charge < -0.3 is 0 Å². The fourth-order valence-corrected chi connectivity index (χ4v) is 1.82. The van der Waals surface area contributed by atoms with Gasteiger partial charge >= 0.3 is 0 Å². The van der Waals surface area contributed by atoms with Gasteiger partial charge in [-0.05, 0) is 30.6 Å². The lowest BCUT2D eigenvalue weighted by Gasteiger charge is -2.41. The van der Waals surface area contributed by atoms with Gasteiger partial charge in [-0.3, -0.25) is 0 Å². The van der Waals surface area contributed by atoms with E-state index in [0.29, 0.717) is 5.41 Å². The summed E-state index contributed by atoms with van der Waals surface area (Å²) in [6.45, 7) is 6.90. The van der Waals surface area contributed by atoms with E-state index in [1.54, 1.807) is 0 Å². The summed E-state index contributed by atoms with van der Waals surface area (Å²) in [6.07, 6.45) is 8.65. The van der Waals surface area contributed by atoms with Gasteiger partial charge in [-0.15, -0.1) is 0 Å². The molecule has 0 amide bonds. The molecule has 0 spiro atoms. The van der Waals surface area contributed by atoms with E-state index in [1.807, 2.05) is 0 Å². The molecule has 0 atom stereocenters. The Kier molecular flexibility index (Phi) is 2.18. The molecule has 10 heavy (non-hydrogen) atoms. The van der Waals surface area contributed by atoms with Crippen LogP contribution < -0.4 is 0 Å². The molecule has 0 unspecified atom stereocenters. The molecule has 58 valence electrons. The Hall–Kier alpha value is -0.260. The molecule has 1 aliphatic rings. The number of hydrogen-bond acceptors (Lipinski definition) is 0. The summed E-state index contributed by atoms with van der Waals surface area (Å²) in [5, 5.41) is 0. The zero-order valence-electron chi connectivity index (χ0n) is 7.35. The van der Waals surface area contributed by atoms with Crippen LogP contribution in [0.25, 0.3) is 0 Å². The lowest BCUT2D eigenvalue weighted by Crippen LogP contribution is -2.29. The molecule has 0 radical (unpaired) electrons. The fourth-order valence-electron chi connectivity index (χ4n) is 1.82. The Bertz CT molecular complexity index is 123. The molecule has 1 fully saturated rings. The molecule has 0 aromatic heterocycles. The molecule has 0 saturated heterocycles. The highest BCUT2D eigenvalue weighted by atomic mass is 14.4. The van der Waals surface area contributed by atoms with Crippen molar-refractivity contribution < 1.29 is 0 Å². The summed E-state index contributed by atoms with van der Waals surface area (Å²) in [6, 6.07) is 0. The summed E-state index contributed by atoms with van der Waals surface area (Å²) in [5.74, 6) is 0.898. The van der Waals surface area contributed by atoms with Gasteiger partial charge in [0, 0.05) is 0 Å². The fraction of sp³-hybridized carbons (Fsp3) is 0.800. The summed E-state index contributed by atoms with van der Waals surface area (Å²) in [7, 11) is 0. The van der Waals surface area contributed by atoms with E-state index in [0.717, 1.165) is 5.92 Å². The van der Waals surface area contributed by atoms with Gasteiger partial charge in [-0.1, -0.05) is 32.9 Å². The summed E-state index contributed by atoms with van der Waals surface area (Å²) < 4.78 is 0. The SMILES string of the molecule is CCC=CC1CC(C)(C)C1. The first kappa shape index (κ1) is 7.84. The minimum absolute atomic E-state index is 0.642. The van der Waals surface area contributed by atoms with Gasteiger partial charge in [-0.2, -0.15) is 0 Å². The first-order chi connectivity index (χ1) is 4.64. The molecular weight excluding hydrogens is 120 g/mol. The van der Waals surface area contributed by atoms with Crippen LogP contribution in [0.1, 0.15) is 40.0 Å². The molecule has 1 aliphatic carbocycles. The molecule has 0 nitrogen and oxygen atoms in total. The number of hydrogen-bond donors (Lipinski definition) is 0. The van der Waals surface area contributed by atoms with Crippen molar-refractivity contribution in [1.82, 2.24) is 0 Å². The van der Waals surface area contributed by atoms with Crippen LogP contribution in [0.4, 0.5) is 0 Å². The molecule has 0 aromatic rings. The third-order valence-corrected chi connectivity index (χ3v) is 2.27. The number of allylic oxidation sites excluding steroid dienone is 2. The molecule has 0 N–H and O–H groups in total. The van der Waals surface area contributed by atoms with Gasteiger partial charge in [-0.25, -0.2) is 0 Å². The Morgan fingerprint density at radius 1 is 1.40 bits per heavy atom. The lowest BCUT2D eigenvalue weighted by molar-refractivity contribution is 0.131. The Morgan fingerprint density at radius 2 is 2.00 bits per heavy atom. The van der Waals surface area contributed by atoms with E-state index in [-0.39, 0.29) is 0 Å². The van der Waals surface area contributed by atoms with Crippen LogP contribution in [-0.4, -0.2) is 0 Å². The summed E-state index contributed by atoms with van der Waals surface area (Å²) in [5.41, 5.74) is 0.642. The Balaban J connectivity index is 2.20. The Morgan fingerprint density at radius 3 is 2.40 bits per heavy atom. The normalized spacial score (nSPS) is 25.1. The molecule has 1 rings (SSSR count). The quantitative estimate of drug-likeness (QED) is 0.513. The second-order valence-corrected chi connectivity index (χ2v) is 4.17. The largest absolute Gasteiger partial charge is 0.0885 e. The minimum Gasteiger partial charge on any atom is -0.0885 e. The van der Waals surface area contributed by atoms with E-state index < -0.39 is 0 Å². The molecule has 0 bridgehead atoms. The van der Waals surface area contributed by atoms with Crippen LogP contribution >= 0.6 is 0 Å². The van der Waals surface area contributed by atoms with E-state index in [4.69, 9.17) is 0 Å². The third kappa shape index (κ3) is 1.86. The predicted octanol–water partition coefficient (Wildman–Crippen LogP) is 3.39. The van der Waals surface area contributed by atoms with Gasteiger partial charge in [0.25, 0.3) is 0 Å². The summed E-state index contributed by atoms with van der Waals surface area (Å²) in [4.78, 5) is 0. The second-order valence-electron chi connectivity index (χ2n) is 4.17. The molecular formula is C10H18. The van der Waals surface area contributed by atoms with Crippen LogP contribution in [0.2, 0.25) is 0 Å². The molecule has 1 saturated carbocycles. The van der Waals surface area contributed by atoms with E-state index >= 15 is 0 Å². The van der Waals surface area contributed by atoms with Crippen LogP contribution in [0.3, 0.4) is 0 Å². The van der Waals surface area contributed by atoms with Crippen molar-refractivity contribution in [1.29, 1.82) is 0 Å². The maximum atomic E-state index is 2.38. The van der Waals surface area contributed by atoms with Gasteiger partial charge in [0.2, 0.25) is 0 Å². The van der Waals surface area contributed by atoms with Crippen molar-refractivity contribution in [3.8, 4) is 0 Å². The highest BCUT2D eigenvalue weighted by Crippen LogP contribution is 2.45. The van der Waals surface area contributed by atoms with Crippen molar-refractivity contribution in [2.45, 2.75) is 40.0 Å². The smallest absolute Gasteiger partial charge is 0.0223 e. The van der Waals surface area contributed by atoms with Crippen molar-refractivity contribution in [3.63, 3.8) is 0 Å². The second kappa shape index (κ2) is 2.77. The third-order valence-electron chi connectivity index (χ3n) is 2.27. The highest BCUT2D eigenvalue weighted by molar-refractivity contribution is 4.99. The topological polar surface area (TPSA) is 0 Å². The van der Waals surface area contributed by atoms with Crippen LogP contribution in [0.15, 0.2) is 12.2 Å². The van der Waals surface area contributed by atoms with Gasteiger partial charge in [0.15, 0.2) is 0 Å². The standard InChI is InChI=1S/C10H18/c1-4-5-6-9-7-10(2,3)8-9/h5-6,9H,4,7-8H2,1-3H3. The Labute approximate surface area is 64.3 Å². The van der Waals surface area contributed by atoms with Crippen LogP contribution in [-0.2, 0) is 0 Å². The van der Waals surface area contributed by atoms with Gasteiger partial charge in [0.1, 0.15) is 0 Å². The van der Waals surface area contributed by atoms with Crippen molar-refractivity contribution >= 4 is 0 Å². The number of rotatable bonds is 2. The first-order valence-corrected chi connectivity index (χ1v) is 4.31. The monoisotopic (exact) mass is 138 g/mol. The average molecular weight is 138 g/mol. The average Bonchev–Trinajstić information content (AvgIpc) is 1.78. The van der Waals surface area contributed by atoms with E-state index in [1.165, 1.54) is 19.3 Å². The minimum atomic E-state index is 0.642. The van der Waals surface area contributed by atoms with Crippen LogP contribution in [0.5, 0.6) is 0 Å². The molecule has 0 heterocycles. The lowest BCUT2D eigenvalue weighted by atomic mass is 9.64. The first-order valence-electron chi connectivity index (χ1n) is 4.31. The maximum Gasteiger partial charge on any atom is -0.0223 e. The zero-order chi connectivity index (χ0) is 7.61. The maximum absolute atomic E-state index is 2.38. The summed E-state index contributed by atoms with van der Waals surface area (Å²) >= 11 is 0. The van der Waals surface area contributed by atoms with Gasteiger partial charge in [0.05, 0.1) is 0 Å². The molecule has 0 aliphatic heterocycles. The molecule has 0 heteroatoms. The van der Waals surface area contributed by atoms with Crippen molar-refractivity contribution in [3.05, 3.63) is 12.2 Å². The van der Waals surface area contributed by atoms with Crippen molar-refractivity contribution in [2.24, 2.45) is 11.3 Å². The van der Waals surface area contributed by atoms with Crippen molar-refractivity contribution in [2.75, 3.05) is 0 Å². The highest BCUT2D eigenvalue weighted by Gasteiger charge is 2.33. The van der Waals surface area contributed by atoms with E-state index in [2.05, 4.69) is 32.9 Å². The zero-order valence-corrected chi connectivity index (χ0v) is 7.35. The molecule has 0 aromatic carbocycles. The van der Waals surface area contributed by atoms with E-state index in [9.17, 15) is 0 Å². The predicted molar refractivity (Wildman–Crippen MR) is 45.9 cm³/mol. The van der Waals surface area contributed by atoms with Crippen LogP contribution in [0, 0.1) is 11.3 Å².